The first-order chi connectivity index (χ1) is 9.16. The molecule has 0 saturated heterocycles. The van der Waals surface area contributed by atoms with Crippen LogP contribution in [0.3, 0.4) is 0 Å². The van der Waals surface area contributed by atoms with Crippen LogP contribution in [0.15, 0.2) is 30.3 Å². The Labute approximate surface area is 115 Å². The van der Waals surface area contributed by atoms with Crippen molar-refractivity contribution in [1.29, 1.82) is 0 Å². The van der Waals surface area contributed by atoms with Gasteiger partial charge in [-0.1, -0.05) is 50.6 Å². The van der Waals surface area contributed by atoms with Crippen LogP contribution in [0.25, 0.3) is 0 Å². The van der Waals surface area contributed by atoms with Crippen molar-refractivity contribution in [2.45, 2.75) is 44.8 Å². The van der Waals surface area contributed by atoms with Gasteiger partial charge in [0.05, 0.1) is 6.10 Å². The second kappa shape index (κ2) is 7.41. The molecule has 0 fully saturated rings. The average molecular weight is 264 g/mol. The number of ketones is 1. The van der Waals surface area contributed by atoms with Crippen molar-refractivity contribution in [2.24, 2.45) is 0 Å². The largest absolute Gasteiger partial charge is 0.378 e. The van der Waals surface area contributed by atoms with Crippen LogP contribution in [-0.2, 0) is 9.47 Å². The van der Waals surface area contributed by atoms with Crippen LogP contribution < -0.4 is 0 Å². The normalized spacial score (nSPS) is 15.8. The Balaban J connectivity index is 3.19. The minimum Gasteiger partial charge on any atom is -0.378 e. The summed E-state index contributed by atoms with van der Waals surface area (Å²) < 4.78 is 11.2. The highest BCUT2D eigenvalue weighted by atomic mass is 16.5. The highest BCUT2D eigenvalue weighted by Gasteiger charge is 2.45. The number of methoxy groups -OCH3 is 2. The highest BCUT2D eigenvalue weighted by molar-refractivity contribution is 6.03. The Morgan fingerprint density at radius 2 is 1.84 bits per heavy atom. The van der Waals surface area contributed by atoms with Crippen LogP contribution in [-0.4, -0.2) is 31.7 Å². The van der Waals surface area contributed by atoms with Gasteiger partial charge in [-0.25, -0.2) is 0 Å². The fourth-order valence-corrected chi connectivity index (χ4v) is 2.64. The summed E-state index contributed by atoms with van der Waals surface area (Å²) in [4.78, 5) is 12.8. The minimum absolute atomic E-state index is 0.00569. The number of Topliss-reactive ketones (excluding diaryl/α,β-unsaturated/α-hetero) is 1. The van der Waals surface area contributed by atoms with Crippen molar-refractivity contribution >= 4 is 5.78 Å². The number of benzene rings is 1. The van der Waals surface area contributed by atoms with Crippen molar-refractivity contribution in [2.75, 3.05) is 14.2 Å². The third-order valence-electron chi connectivity index (χ3n) is 3.58. The first-order valence-electron chi connectivity index (χ1n) is 6.84. The molecule has 0 bridgehead atoms. The van der Waals surface area contributed by atoms with Crippen molar-refractivity contribution in [3.63, 3.8) is 0 Å². The van der Waals surface area contributed by atoms with Gasteiger partial charge < -0.3 is 9.47 Å². The van der Waals surface area contributed by atoms with Gasteiger partial charge in [-0.15, -0.1) is 0 Å². The SMILES string of the molecule is CCCC(OC)(C(=O)c1ccccc1)C(CC)OC. The van der Waals surface area contributed by atoms with Gasteiger partial charge in [0.15, 0.2) is 11.4 Å². The molecule has 0 heterocycles. The second-order valence-electron chi connectivity index (χ2n) is 4.67. The molecule has 0 N–H and O–H groups in total. The fraction of sp³-hybridized carbons (Fsp3) is 0.562. The number of carbonyl (C=O) groups excluding carboxylic acids is 1. The summed E-state index contributed by atoms with van der Waals surface area (Å²) >= 11 is 0. The van der Waals surface area contributed by atoms with Gasteiger partial charge >= 0.3 is 0 Å². The van der Waals surface area contributed by atoms with E-state index >= 15 is 0 Å². The van der Waals surface area contributed by atoms with Crippen molar-refractivity contribution in [3.8, 4) is 0 Å². The Bertz CT molecular complexity index is 384. The maximum Gasteiger partial charge on any atom is 0.197 e. The monoisotopic (exact) mass is 264 g/mol. The topological polar surface area (TPSA) is 35.5 Å². The standard InChI is InChI=1S/C16H24O3/c1-5-12-16(19-4,14(6-2)18-3)15(17)13-10-8-7-9-11-13/h7-11,14H,5-6,12H2,1-4H3. The lowest BCUT2D eigenvalue weighted by Crippen LogP contribution is -2.51. The first kappa shape index (κ1) is 15.9. The summed E-state index contributed by atoms with van der Waals surface area (Å²) in [6.45, 7) is 4.06. The van der Waals surface area contributed by atoms with E-state index in [4.69, 9.17) is 9.47 Å². The van der Waals surface area contributed by atoms with Crippen molar-refractivity contribution < 1.29 is 14.3 Å². The van der Waals surface area contributed by atoms with Crippen LogP contribution in [0, 0.1) is 0 Å². The quantitative estimate of drug-likeness (QED) is 0.674. The summed E-state index contributed by atoms with van der Waals surface area (Å²) in [5, 5.41) is 0. The van der Waals surface area contributed by atoms with E-state index in [1.165, 1.54) is 0 Å². The smallest absolute Gasteiger partial charge is 0.197 e. The molecule has 2 unspecified atom stereocenters. The molecule has 0 aliphatic rings. The molecule has 19 heavy (non-hydrogen) atoms. The van der Waals surface area contributed by atoms with E-state index in [1.807, 2.05) is 37.3 Å². The summed E-state index contributed by atoms with van der Waals surface area (Å²) in [6.07, 6.45) is 2.03. The molecule has 0 aromatic heterocycles. The summed E-state index contributed by atoms with van der Waals surface area (Å²) in [7, 11) is 3.23. The molecular formula is C16H24O3. The molecule has 0 amide bonds. The molecule has 1 rings (SSSR count). The molecular weight excluding hydrogens is 240 g/mol. The highest BCUT2D eigenvalue weighted by Crippen LogP contribution is 2.30. The molecule has 106 valence electrons. The predicted molar refractivity (Wildman–Crippen MR) is 76.5 cm³/mol. The lowest BCUT2D eigenvalue weighted by atomic mass is 9.82. The summed E-state index contributed by atoms with van der Waals surface area (Å²) in [6, 6.07) is 9.29. The van der Waals surface area contributed by atoms with Crippen LogP contribution in [0.4, 0.5) is 0 Å². The fourth-order valence-electron chi connectivity index (χ4n) is 2.64. The molecule has 0 aliphatic carbocycles. The van der Waals surface area contributed by atoms with Crippen molar-refractivity contribution in [1.82, 2.24) is 0 Å². The third-order valence-corrected chi connectivity index (χ3v) is 3.58. The molecule has 0 aliphatic heterocycles. The molecule has 2 atom stereocenters. The molecule has 3 heteroatoms. The number of hydrogen-bond donors (Lipinski definition) is 0. The predicted octanol–water partition coefficient (Wildman–Crippen LogP) is 3.48. The van der Waals surface area contributed by atoms with Crippen molar-refractivity contribution in [3.05, 3.63) is 35.9 Å². The lowest BCUT2D eigenvalue weighted by Gasteiger charge is -2.37. The Morgan fingerprint density at radius 1 is 1.21 bits per heavy atom. The molecule has 1 aromatic carbocycles. The Morgan fingerprint density at radius 3 is 2.26 bits per heavy atom. The van der Waals surface area contributed by atoms with Gasteiger partial charge in [0.2, 0.25) is 0 Å². The summed E-state index contributed by atoms with van der Waals surface area (Å²) in [5.41, 5.74) is -0.215. The minimum atomic E-state index is -0.889. The van der Waals surface area contributed by atoms with Crippen LogP contribution >= 0.6 is 0 Å². The molecule has 1 aromatic rings. The number of rotatable bonds is 8. The zero-order chi connectivity index (χ0) is 14.3. The lowest BCUT2D eigenvalue weighted by molar-refractivity contribution is -0.0966. The van der Waals surface area contributed by atoms with Gasteiger partial charge in [-0.2, -0.15) is 0 Å². The molecule has 0 radical (unpaired) electrons. The summed E-state index contributed by atoms with van der Waals surface area (Å²) in [5.74, 6) is 0.00569. The van der Waals surface area contributed by atoms with Gasteiger partial charge in [0, 0.05) is 19.8 Å². The Kier molecular flexibility index (Phi) is 6.19. The molecule has 0 spiro atoms. The van der Waals surface area contributed by atoms with Gasteiger partial charge in [-0.05, 0) is 12.8 Å². The Hall–Kier alpha value is -1.19. The molecule has 3 nitrogen and oxygen atoms in total. The second-order valence-corrected chi connectivity index (χ2v) is 4.67. The van der Waals surface area contributed by atoms with E-state index in [1.54, 1.807) is 14.2 Å². The van der Waals surface area contributed by atoms with Crippen LogP contribution in [0.1, 0.15) is 43.5 Å². The van der Waals surface area contributed by atoms with E-state index in [0.717, 1.165) is 12.8 Å². The van der Waals surface area contributed by atoms with Crippen LogP contribution in [0.5, 0.6) is 0 Å². The number of hydrogen-bond acceptors (Lipinski definition) is 3. The zero-order valence-electron chi connectivity index (χ0n) is 12.3. The van der Waals surface area contributed by atoms with Gasteiger partial charge in [-0.3, -0.25) is 4.79 Å². The average Bonchev–Trinajstić information content (AvgIpc) is 2.47. The van der Waals surface area contributed by atoms with E-state index in [9.17, 15) is 4.79 Å². The molecule has 0 saturated carbocycles. The van der Waals surface area contributed by atoms with Crippen LogP contribution in [0.2, 0.25) is 0 Å². The van der Waals surface area contributed by atoms with E-state index in [2.05, 4.69) is 6.92 Å². The zero-order valence-corrected chi connectivity index (χ0v) is 12.3. The van der Waals surface area contributed by atoms with E-state index < -0.39 is 5.60 Å². The number of carbonyl (C=O) groups is 1. The van der Waals surface area contributed by atoms with E-state index in [-0.39, 0.29) is 11.9 Å². The third kappa shape index (κ3) is 3.23. The van der Waals surface area contributed by atoms with E-state index in [0.29, 0.717) is 12.0 Å². The maximum absolute atomic E-state index is 12.8. The first-order valence-corrected chi connectivity index (χ1v) is 6.84. The van der Waals surface area contributed by atoms with Gasteiger partial charge in [0.25, 0.3) is 0 Å². The maximum atomic E-state index is 12.8. The number of ether oxygens (including phenoxy) is 2. The van der Waals surface area contributed by atoms with Gasteiger partial charge in [0.1, 0.15) is 0 Å².